The first-order valence-corrected chi connectivity index (χ1v) is 7.00. The van der Waals surface area contributed by atoms with Gasteiger partial charge in [0.05, 0.1) is 0 Å². The van der Waals surface area contributed by atoms with E-state index in [1.165, 1.54) is 11.8 Å². The number of carbonyl (C=O) groups excluding carboxylic acids is 1. The normalized spacial score (nSPS) is 17.4. The number of aliphatic carboxylic acids is 1. The zero-order chi connectivity index (χ0) is 14.9. The van der Waals surface area contributed by atoms with E-state index in [1.807, 2.05) is 0 Å². The Labute approximate surface area is 123 Å². The third-order valence-electron chi connectivity index (χ3n) is 3.71. The molecule has 0 heterocycles. The minimum Gasteiger partial charge on any atom is -0.479 e. The standard InChI is InChI=1S/C15H18ClNO3/c1-10(18)17(13-7-8-13)15(2,14(19)20)9-11-3-5-12(16)6-4-11/h3-6,13H,7-9H2,1-2H3,(H,19,20). The Morgan fingerprint density at radius 2 is 1.90 bits per heavy atom. The predicted molar refractivity (Wildman–Crippen MR) is 76.7 cm³/mol. The molecule has 0 bridgehead atoms. The number of carboxylic acids is 1. The maximum atomic E-state index is 11.9. The second-order valence-corrected chi connectivity index (χ2v) is 5.94. The number of carboxylic acid groups (broad SMARTS) is 1. The molecule has 1 aromatic carbocycles. The van der Waals surface area contributed by atoms with Crippen LogP contribution in [0.3, 0.4) is 0 Å². The monoisotopic (exact) mass is 295 g/mol. The Morgan fingerprint density at radius 1 is 1.35 bits per heavy atom. The van der Waals surface area contributed by atoms with Gasteiger partial charge in [0, 0.05) is 24.4 Å². The molecule has 0 radical (unpaired) electrons. The van der Waals surface area contributed by atoms with Crippen molar-refractivity contribution < 1.29 is 14.7 Å². The fourth-order valence-electron chi connectivity index (χ4n) is 2.60. The second kappa shape index (κ2) is 5.44. The number of benzene rings is 1. The van der Waals surface area contributed by atoms with Crippen LogP contribution in [0.2, 0.25) is 5.02 Å². The van der Waals surface area contributed by atoms with Crippen molar-refractivity contribution in [1.82, 2.24) is 4.90 Å². The van der Waals surface area contributed by atoms with Gasteiger partial charge in [-0.05, 0) is 37.5 Å². The Hall–Kier alpha value is -1.55. The molecule has 4 nitrogen and oxygen atoms in total. The third kappa shape index (κ3) is 2.96. The lowest BCUT2D eigenvalue weighted by molar-refractivity contribution is -0.158. The highest BCUT2D eigenvalue weighted by Gasteiger charge is 2.47. The molecule has 1 saturated carbocycles. The van der Waals surface area contributed by atoms with Gasteiger partial charge in [0.1, 0.15) is 5.54 Å². The fourth-order valence-corrected chi connectivity index (χ4v) is 2.73. The van der Waals surface area contributed by atoms with Gasteiger partial charge in [-0.25, -0.2) is 4.79 Å². The minimum absolute atomic E-state index is 0.0564. The van der Waals surface area contributed by atoms with Crippen LogP contribution >= 0.6 is 11.6 Å². The van der Waals surface area contributed by atoms with Crippen molar-refractivity contribution in [2.45, 2.75) is 44.7 Å². The summed E-state index contributed by atoms with van der Waals surface area (Å²) < 4.78 is 0. The van der Waals surface area contributed by atoms with Gasteiger partial charge >= 0.3 is 5.97 Å². The summed E-state index contributed by atoms with van der Waals surface area (Å²) in [5, 5.41) is 10.2. The first-order valence-electron chi connectivity index (χ1n) is 6.62. The molecule has 1 fully saturated rings. The summed E-state index contributed by atoms with van der Waals surface area (Å²) in [4.78, 5) is 25.1. The Kier molecular flexibility index (Phi) is 4.04. The number of hydrogen-bond acceptors (Lipinski definition) is 2. The molecule has 1 aromatic rings. The van der Waals surface area contributed by atoms with E-state index in [0.29, 0.717) is 5.02 Å². The van der Waals surface area contributed by atoms with Gasteiger partial charge in [-0.3, -0.25) is 4.79 Å². The van der Waals surface area contributed by atoms with Gasteiger partial charge in [-0.15, -0.1) is 0 Å². The number of amides is 1. The van der Waals surface area contributed by atoms with Crippen LogP contribution in [0.5, 0.6) is 0 Å². The van der Waals surface area contributed by atoms with Gasteiger partial charge in [0.25, 0.3) is 0 Å². The van der Waals surface area contributed by atoms with Crippen molar-refractivity contribution in [2.24, 2.45) is 0 Å². The minimum atomic E-state index is -1.22. The molecule has 2 rings (SSSR count). The summed E-state index contributed by atoms with van der Waals surface area (Å²) in [5.74, 6) is -1.17. The van der Waals surface area contributed by atoms with Crippen molar-refractivity contribution in [3.05, 3.63) is 34.9 Å². The highest BCUT2D eigenvalue weighted by Crippen LogP contribution is 2.35. The van der Waals surface area contributed by atoms with Gasteiger partial charge in [-0.1, -0.05) is 23.7 Å². The van der Waals surface area contributed by atoms with Gasteiger partial charge in [0.2, 0.25) is 5.91 Å². The number of carbonyl (C=O) groups is 2. The lowest BCUT2D eigenvalue weighted by Crippen LogP contribution is -2.57. The number of hydrogen-bond donors (Lipinski definition) is 1. The Balaban J connectivity index is 2.30. The lowest BCUT2D eigenvalue weighted by atomic mass is 9.90. The van der Waals surface area contributed by atoms with Crippen molar-refractivity contribution in [1.29, 1.82) is 0 Å². The highest BCUT2D eigenvalue weighted by molar-refractivity contribution is 6.30. The third-order valence-corrected chi connectivity index (χ3v) is 3.96. The van der Waals surface area contributed by atoms with E-state index in [1.54, 1.807) is 31.2 Å². The largest absolute Gasteiger partial charge is 0.479 e. The average Bonchev–Trinajstić information content (AvgIpc) is 3.16. The SMILES string of the molecule is CC(=O)N(C1CC1)C(C)(Cc1ccc(Cl)cc1)C(=O)O. The molecule has 1 aliphatic carbocycles. The van der Waals surface area contributed by atoms with Crippen LogP contribution in [0.15, 0.2) is 24.3 Å². The molecule has 1 unspecified atom stereocenters. The quantitative estimate of drug-likeness (QED) is 0.908. The van der Waals surface area contributed by atoms with E-state index in [2.05, 4.69) is 0 Å². The van der Waals surface area contributed by atoms with E-state index in [0.717, 1.165) is 18.4 Å². The Morgan fingerprint density at radius 3 is 2.30 bits per heavy atom. The lowest BCUT2D eigenvalue weighted by Gasteiger charge is -2.38. The molecule has 1 aliphatic rings. The van der Waals surface area contributed by atoms with Gasteiger partial charge in [0.15, 0.2) is 0 Å². The molecule has 0 saturated heterocycles. The summed E-state index contributed by atoms with van der Waals surface area (Å²) in [5.41, 5.74) is -0.368. The zero-order valence-electron chi connectivity index (χ0n) is 11.6. The number of nitrogens with zero attached hydrogens (tertiary/aromatic N) is 1. The maximum Gasteiger partial charge on any atom is 0.329 e. The van der Waals surface area contributed by atoms with Crippen LogP contribution < -0.4 is 0 Å². The molecule has 1 amide bonds. The number of halogens is 1. The molecule has 0 aromatic heterocycles. The van der Waals surface area contributed by atoms with Crippen molar-refractivity contribution in [3.8, 4) is 0 Å². The van der Waals surface area contributed by atoms with Crippen LogP contribution in [0, 0.1) is 0 Å². The van der Waals surface area contributed by atoms with Crippen LogP contribution in [0.25, 0.3) is 0 Å². The molecule has 5 heteroatoms. The van der Waals surface area contributed by atoms with Crippen molar-refractivity contribution >= 4 is 23.5 Å². The molecule has 1 atom stereocenters. The van der Waals surface area contributed by atoms with E-state index in [9.17, 15) is 14.7 Å². The van der Waals surface area contributed by atoms with Crippen molar-refractivity contribution in [3.63, 3.8) is 0 Å². The van der Waals surface area contributed by atoms with Crippen LogP contribution in [-0.4, -0.2) is 33.5 Å². The molecule has 1 N–H and O–H groups in total. The zero-order valence-corrected chi connectivity index (χ0v) is 12.4. The first kappa shape index (κ1) is 14.9. The van der Waals surface area contributed by atoms with E-state index in [-0.39, 0.29) is 18.4 Å². The van der Waals surface area contributed by atoms with Crippen LogP contribution in [-0.2, 0) is 16.0 Å². The smallest absolute Gasteiger partial charge is 0.329 e. The molecule has 0 aliphatic heterocycles. The van der Waals surface area contributed by atoms with E-state index in [4.69, 9.17) is 11.6 Å². The topological polar surface area (TPSA) is 57.6 Å². The van der Waals surface area contributed by atoms with Crippen molar-refractivity contribution in [2.75, 3.05) is 0 Å². The first-order chi connectivity index (χ1) is 9.34. The second-order valence-electron chi connectivity index (χ2n) is 5.50. The average molecular weight is 296 g/mol. The highest BCUT2D eigenvalue weighted by atomic mass is 35.5. The summed E-state index contributed by atoms with van der Waals surface area (Å²) >= 11 is 5.84. The van der Waals surface area contributed by atoms with Crippen LogP contribution in [0.1, 0.15) is 32.3 Å². The molecule has 0 spiro atoms. The Bertz CT molecular complexity index is 524. The van der Waals surface area contributed by atoms with E-state index < -0.39 is 11.5 Å². The molecular weight excluding hydrogens is 278 g/mol. The van der Waals surface area contributed by atoms with Gasteiger partial charge < -0.3 is 10.0 Å². The van der Waals surface area contributed by atoms with Gasteiger partial charge in [-0.2, -0.15) is 0 Å². The summed E-state index contributed by atoms with van der Waals surface area (Å²) in [6.07, 6.45) is 2.03. The molecular formula is C15H18ClNO3. The number of rotatable bonds is 5. The van der Waals surface area contributed by atoms with E-state index >= 15 is 0 Å². The summed E-state index contributed by atoms with van der Waals surface area (Å²) in [6.45, 7) is 3.05. The fraction of sp³-hybridized carbons (Fsp3) is 0.467. The molecule has 20 heavy (non-hydrogen) atoms. The van der Waals surface area contributed by atoms with Crippen LogP contribution in [0.4, 0.5) is 0 Å². The molecule has 108 valence electrons. The maximum absolute atomic E-state index is 11.9. The summed E-state index contributed by atoms with van der Waals surface area (Å²) in [6, 6.07) is 7.12. The summed E-state index contributed by atoms with van der Waals surface area (Å²) in [7, 11) is 0. The predicted octanol–water partition coefficient (Wildman–Crippen LogP) is 2.74.